The summed E-state index contributed by atoms with van der Waals surface area (Å²) in [6.07, 6.45) is 0. The van der Waals surface area contributed by atoms with Crippen molar-refractivity contribution in [2.75, 3.05) is 171 Å². The fourth-order valence-corrected chi connectivity index (χ4v) is 12.6. The van der Waals surface area contributed by atoms with Crippen LogP contribution in [0, 0.1) is 29.6 Å². The average molecular weight is 1810 g/mol. The Morgan fingerprint density at radius 2 is 0.381 bits per heavy atom. The van der Waals surface area contributed by atoms with Crippen molar-refractivity contribution in [3.63, 3.8) is 0 Å². The van der Waals surface area contributed by atoms with Gasteiger partial charge < -0.3 is 174 Å². The third-order valence-electron chi connectivity index (χ3n) is 9.51. The second kappa shape index (κ2) is 58.6. The average Bonchev–Trinajstić information content (AvgIpc) is 0.900. The molecule has 0 aliphatic heterocycles. The summed E-state index contributed by atoms with van der Waals surface area (Å²) >= 11 is 0. The molecule has 0 aromatic rings. The highest BCUT2D eigenvalue weighted by Gasteiger charge is 2.25. The number of halogens is 5. The highest BCUT2D eigenvalue weighted by molar-refractivity contribution is 7.48. The van der Waals surface area contributed by atoms with Crippen molar-refractivity contribution in [1.29, 1.82) is 0 Å². The Morgan fingerprint density at radius 3 is 0.495 bits per heavy atom. The number of hydrogen-bond donors (Lipinski definition) is 10. The van der Waals surface area contributed by atoms with Gasteiger partial charge in [0.2, 0.25) is 0 Å². The molecule has 0 radical (unpaired) electrons. The van der Waals surface area contributed by atoms with Crippen molar-refractivity contribution in [2.24, 2.45) is 29.6 Å². The summed E-state index contributed by atoms with van der Waals surface area (Å²) in [5.41, 5.74) is 5.47. The molecule has 10 N–H and O–H groups in total. The number of aliphatic hydroxyl groups excluding tert-OH is 1. The first kappa shape index (κ1) is 112. The number of rotatable bonds is 64. The zero-order chi connectivity index (χ0) is 81.9. The van der Waals surface area contributed by atoms with Crippen LogP contribution in [0.5, 0.6) is 0 Å². The molecule has 0 bridgehead atoms. The van der Waals surface area contributed by atoms with E-state index in [1.807, 2.05) is 0 Å². The summed E-state index contributed by atoms with van der Waals surface area (Å²) in [6.45, 7) is -17.7. The lowest BCUT2D eigenvalue weighted by atomic mass is 10.2. The van der Waals surface area contributed by atoms with Crippen molar-refractivity contribution >= 4 is 93.9 Å². The predicted molar refractivity (Wildman–Crippen MR) is 306 cm³/mol. The fraction of sp³-hybridized carbons (Fsp3) is 1.00. The zero-order valence-electron chi connectivity index (χ0n) is 54.2. The first-order valence-electron chi connectivity index (χ1n) is 27.9. The van der Waals surface area contributed by atoms with E-state index in [0.717, 1.165) is 22.2 Å². The van der Waals surface area contributed by atoms with Gasteiger partial charge in [-0.25, -0.2) is 0 Å². The Bertz CT molecular complexity index is 2840. The zero-order valence-corrected chi connectivity index (χ0v) is 65.0. The number of aliphatic hydroxyl groups is 1. The summed E-state index contributed by atoms with van der Waals surface area (Å²) in [7, 11) is -61.3. The van der Waals surface area contributed by atoms with Crippen molar-refractivity contribution in [2.45, 2.75) is 20.8 Å². The monoisotopic (exact) mass is 1810 g/mol. The molecular weight excluding hydrogens is 1730 g/mol. The van der Waals surface area contributed by atoms with Crippen LogP contribution in [0.2, 0.25) is 0 Å². The Kier molecular flexibility index (Phi) is 62.5. The maximum absolute atomic E-state index is 12.9. The Balaban J connectivity index is -0.00000209. The fourth-order valence-electron chi connectivity index (χ4n) is 5.14. The molecule has 0 aliphatic rings. The van der Waals surface area contributed by atoms with Gasteiger partial charge >= 0.3 is 0 Å². The molecule has 0 spiro atoms. The largest absolute Gasteiger partial charge is 0.756 e. The van der Waals surface area contributed by atoms with E-state index in [0.29, 0.717) is 0 Å². The van der Waals surface area contributed by atoms with Crippen LogP contribution in [0.15, 0.2) is 0 Å². The molecule has 0 aliphatic carbocycles. The van der Waals surface area contributed by atoms with Gasteiger partial charge in [-0.05, 0) is 20.8 Å². The molecule has 0 fully saturated rings. The minimum Gasteiger partial charge on any atom is -0.756 e. The van der Waals surface area contributed by atoms with E-state index >= 15 is 0 Å². The molecule has 0 heterocycles. The summed E-state index contributed by atoms with van der Waals surface area (Å²) in [4.78, 5) is 168. The van der Waals surface area contributed by atoms with Crippen LogP contribution >= 0.6 is 93.9 Å². The van der Waals surface area contributed by atoms with Crippen LogP contribution in [0.25, 0.3) is 0 Å². The van der Waals surface area contributed by atoms with Crippen LogP contribution in [0.4, 0.5) is 22.4 Å². The van der Waals surface area contributed by atoms with Gasteiger partial charge in [-0.1, -0.05) is 0 Å². The van der Waals surface area contributed by atoms with E-state index in [9.17, 15) is 136 Å². The Morgan fingerprint density at radius 1 is 0.248 bits per heavy atom. The van der Waals surface area contributed by atoms with Gasteiger partial charge in [-0.15, -0.1) is 22.4 Å². The molecule has 17 unspecified atom stereocenters. The maximum Gasteiger partial charge on any atom is 0.267 e. The molecule has 0 saturated heterocycles. The summed E-state index contributed by atoms with van der Waals surface area (Å²) in [6, 6.07) is 0. The molecule has 105 heavy (non-hydrogen) atoms. The van der Waals surface area contributed by atoms with Crippen LogP contribution < -0.4 is 86.4 Å². The van der Waals surface area contributed by atoms with E-state index in [4.69, 9.17) is 24.7 Å². The van der Waals surface area contributed by atoms with Gasteiger partial charge in [0.25, 0.3) is 93.9 Å². The number of hydrogen-bond acceptors (Lipinski definition) is 50. The normalized spacial score (nSPS) is 20.3. The van der Waals surface area contributed by atoms with Gasteiger partial charge in [0.05, 0.1) is 132 Å². The van der Waals surface area contributed by atoms with Gasteiger partial charge in [-0.2, -0.15) is 27.7 Å². The highest BCUT2D eigenvalue weighted by Crippen LogP contribution is 2.47. The van der Waals surface area contributed by atoms with E-state index in [-0.39, 0.29) is 19.8 Å². The predicted octanol–water partition coefficient (Wildman–Crippen LogP) is -6.63. The first-order chi connectivity index (χ1) is 48.1. The van der Waals surface area contributed by atoms with Gasteiger partial charge in [0.1, 0.15) is 0 Å². The van der Waals surface area contributed by atoms with Crippen molar-refractivity contribution in [1.82, 2.24) is 27.7 Å². The molecule has 0 amide bonds. The first-order valence-corrected chi connectivity index (χ1v) is 45.5. The van der Waals surface area contributed by atoms with E-state index in [2.05, 4.69) is 90.5 Å². The molecule has 0 saturated carbocycles. The van der Waals surface area contributed by atoms with Gasteiger partial charge in [-0.3, -0.25) is 54.8 Å². The molecule has 0 aromatic carbocycles. The standard InChI is InChI=1S/C28H67F5N5O37P9.3C2H7O4P/c29-34-9-24(14-39)15-68-77(43,44)59-1-2-61-79(47,48)70-18-26(11-36-31)19-72-81(51,52)63-5-6-65-83(55,56)74-22-28(13-38-33)23-75-84(57,58)66-8-7-64-82(53,54)73-21-27(12-37-32)20-71-80(49,50)62-4-3-60-78(45,46)69-17-25(10-35-30)16-67-76(40,41)42;3*1-2-6-7(3,4)5/h24-28,34-39H,1-23H2,(H,43,44)(H,45,46)(H,47,48)(H,49,50)(H,51,52)(H,53,54)(H,55,56)(H,57,58)(H2,40,41,42);3*2H2,1H3,(H2,3,4,5)/p-12. The lowest BCUT2D eigenvalue weighted by Gasteiger charge is -2.29. The summed E-state index contributed by atoms with van der Waals surface area (Å²) < 4.78 is 285. The van der Waals surface area contributed by atoms with Gasteiger partial charge in [0.15, 0.2) is 0 Å². The topological polar surface area (TPSA) is 827 Å². The third-order valence-corrected chi connectivity index (χ3v) is 19.5. The van der Waals surface area contributed by atoms with E-state index in [1.165, 1.54) is 26.3 Å². The lowest BCUT2D eigenvalue weighted by Crippen LogP contribution is -2.28. The lowest BCUT2D eigenvalue weighted by molar-refractivity contribution is -0.237. The maximum atomic E-state index is 12.9. The van der Waals surface area contributed by atoms with Crippen LogP contribution in [-0.2, 0) is 145 Å². The molecule has 638 valence electrons. The second-order valence-electron chi connectivity index (χ2n) is 18.2. The SMILES string of the molecule is CCOP(=O)([O-])O.CCOP(=O)([O-])O.CCOP(=O)([O-])O.O=P([O-])(O)OCC(CNF)COP(=O)([O-])OCCOP(=O)([O-])OCC(CNF)COP(=O)([O-])OCCOP(=O)([O-])OCC(CNF)COP(=O)([O-])OCCOP(=O)([O-])OCC(CNF)COP(=O)([O-])OCCOP(=O)([O-])OCC(CO)CNF. The number of phosphoric acid groups is 12. The van der Waals surface area contributed by atoms with E-state index < -0.39 is 275 Å². The smallest absolute Gasteiger partial charge is 0.267 e. The molecule has 0 rings (SSSR count). The van der Waals surface area contributed by atoms with E-state index in [1.54, 1.807) is 0 Å². The highest BCUT2D eigenvalue weighted by atomic mass is 31.2. The minimum absolute atomic E-state index is 0.0166. The Hall–Kier alpha value is 0.730. The number of phosphoric ester groups is 12. The molecular formula is C34H76F5N5O49P12-12. The third kappa shape index (κ3) is 77.1. The van der Waals surface area contributed by atoms with Crippen LogP contribution in [0.3, 0.4) is 0 Å². The number of nitrogens with one attached hydrogen (secondary N) is 5. The Labute approximate surface area is 592 Å². The molecule has 71 heteroatoms. The van der Waals surface area contributed by atoms with Crippen LogP contribution in [-0.4, -0.2) is 196 Å². The molecule has 54 nitrogen and oxygen atoms in total. The van der Waals surface area contributed by atoms with Crippen molar-refractivity contribution in [3.8, 4) is 0 Å². The minimum atomic E-state index is -5.45. The molecule has 0 aromatic heterocycles. The second-order valence-corrected chi connectivity index (χ2v) is 34.3. The van der Waals surface area contributed by atoms with Crippen LogP contribution in [0.1, 0.15) is 20.8 Å². The summed E-state index contributed by atoms with van der Waals surface area (Å²) in [5, 5.41) is 9.01. The van der Waals surface area contributed by atoms with Gasteiger partial charge in [0, 0.05) is 68.9 Å². The van der Waals surface area contributed by atoms with Crippen molar-refractivity contribution in [3.05, 3.63) is 0 Å². The van der Waals surface area contributed by atoms with Crippen molar-refractivity contribution < 1.29 is 251 Å². The summed E-state index contributed by atoms with van der Waals surface area (Å²) in [5.74, 6) is -6.75. The molecule has 17 atom stereocenters. The quantitative estimate of drug-likeness (QED) is 0.0117.